The van der Waals surface area contributed by atoms with Crippen molar-refractivity contribution in [2.75, 3.05) is 13.7 Å². The Morgan fingerprint density at radius 3 is 2.67 bits per heavy atom. The second-order valence-corrected chi connectivity index (χ2v) is 7.12. The van der Waals surface area contributed by atoms with Crippen LogP contribution in [-0.4, -0.2) is 29.1 Å². The number of benzene rings is 2. The number of carbonyl (C=O) groups is 1. The first kappa shape index (κ1) is 18.9. The van der Waals surface area contributed by atoms with Crippen LogP contribution in [0.2, 0.25) is 0 Å². The second kappa shape index (κ2) is 8.24. The predicted molar refractivity (Wildman–Crippen MR) is 104 cm³/mol. The predicted octanol–water partition coefficient (Wildman–Crippen LogP) is 3.24. The van der Waals surface area contributed by atoms with Crippen molar-refractivity contribution in [2.45, 2.75) is 19.9 Å². The topological polar surface area (TPSA) is 86.7 Å². The molecule has 3 aromatic rings. The van der Waals surface area contributed by atoms with Gasteiger partial charge < -0.3 is 9.30 Å². The number of thiazole rings is 1. The lowest BCUT2D eigenvalue weighted by Gasteiger charge is -2.04. The largest absolute Gasteiger partial charge is 0.383 e. The van der Waals surface area contributed by atoms with Crippen molar-refractivity contribution in [1.29, 1.82) is 0 Å². The highest BCUT2D eigenvalue weighted by Gasteiger charge is 2.10. The summed E-state index contributed by atoms with van der Waals surface area (Å²) in [6.45, 7) is 3.14. The number of aromatic nitrogens is 1. The lowest BCUT2D eigenvalue weighted by Crippen LogP contribution is -2.19. The van der Waals surface area contributed by atoms with Gasteiger partial charge in [0.05, 0.1) is 28.2 Å². The number of nitro groups is 1. The highest BCUT2D eigenvalue weighted by Crippen LogP contribution is 2.19. The average Bonchev–Trinajstić information content (AvgIpc) is 2.96. The van der Waals surface area contributed by atoms with E-state index >= 15 is 0 Å². The number of amides is 1. The molecular formula is C19H19N3O4S. The molecule has 0 bridgehead atoms. The van der Waals surface area contributed by atoms with Gasteiger partial charge in [0.1, 0.15) is 0 Å². The van der Waals surface area contributed by atoms with Crippen molar-refractivity contribution in [3.63, 3.8) is 0 Å². The molecule has 0 saturated carbocycles. The van der Waals surface area contributed by atoms with E-state index in [1.54, 1.807) is 19.2 Å². The number of nitro benzene ring substituents is 1. The van der Waals surface area contributed by atoms with Gasteiger partial charge in [-0.05, 0) is 30.2 Å². The number of nitrogens with zero attached hydrogens (tertiary/aromatic N) is 3. The number of methoxy groups -OCH3 is 1. The number of aryl methyl sites for hydroxylation is 1. The fourth-order valence-electron chi connectivity index (χ4n) is 2.72. The molecule has 0 aliphatic rings. The van der Waals surface area contributed by atoms with E-state index in [1.807, 2.05) is 23.6 Å². The number of hydrogen-bond donors (Lipinski definition) is 0. The molecule has 0 saturated heterocycles. The molecule has 27 heavy (non-hydrogen) atoms. The molecule has 0 fully saturated rings. The molecule has 0 radical (unpaired) electrons. The van der Waals surface area contributed by atoms with Gasteiger partial charge in [-0.25, -0.2) is 0 Å². The third kappa shape index (κ3) is 4.47. The van der Waals surface area contributed by atoms with Gasteiger partial charge in [0.15, 0.2) is 4.80 Å². The minimum absolute atomic E-state index is 0.000390. The maximum atomic E-state index is 12.4. The molecule has 140 valence electrons. The van der Waals surface area contributed by atoms with Crippen LogP contribution < -0.4 is 4.80 Å². The summed E-state index contributed by atoms with van der Waals surface area (Å²) in [7, 11) is 1.63. The highest BCUT2D eigenvalue weighted by atomic mass is 32.1. The van der Waals surface area contributed by atoms with E-state index in [1.165, 1.54) is 23.5 Å². The summed E-state index contributed by atoms with van der Waals surface area (Å²) in [5.41, 5.74) is 2.85. The highest BCUT2D eigenvalue weighted by molar-refractivity contribution is 7.16. The first-order valence-electron chi connectivity index (χ1n) is 8.38. The molecule has 0 unspecified atom stereocenters. The van der Waals surface area contributed by atoms with Gasteiger partial charge in [0.25, 0.3) is 11.6 Å². The Morgan fingerprint density at radius 1 is 1.26 bits per heavy atom. The van der Waals surface area contributed by atoms with Gasteiger partial charge in [-0.3, -0.25) is 14.9 Å². The summed E-state index contributed by atoms with van der Waals surface area (Å²) >= 11 is 1.46. The van der Waals surface area contributed by atoms with E-state index < -0.39 is 4.92 Å². The molecule has 1 amide bonds. The molecule has 2 aromatic carbocycles. The van der Waals surface area contributed by atoms with E-state index in [0.717, 1.165) is 15.8 Å². The van der Waals surface area contributed by atoms with E-state index in [2.05, 4.69) is 11.1 Å². The Labute approximate surface area is 159 Å². The molecule has 8 heteroatoms. The van der Waals surface area contributed by atoms with Crippen molar-refractivity contribution >= 4 is 33.1 Å². The van der Waals surface area contributed by atoms with Crippen LogP contribution in [0.1, 0.15) is 11.1 Å². The number of ether oxygens (including phenoxy) is 1. The van der Waals surface area contributed by atoms with Gasteiger partial charge >= 0.3 is 0 Å². The van der Waals surface area contributed by atoms with Crippen molar-refractivity contribution < 1.29 is 14.5 Å². The molecular weight excluding hydrogens is 366 g/mol. The first-order valence-corrected chi connectivity index (χ1v) is 9.19. The Kier molecular flexibility index (Phi) is 5.78. The van der Waals surface area contributed by atoms with E-state index in [4.69, 9.17) is 4.74 Å². The van der Waals surface area contributed by atoms with Crippen LogP contribution in [0.15, 0.2) is 47.5 Å². The standard InChI is InChI=1S/C19H19N3O4S/c1-13-3-8-16-17(11-13)27-19(21(16)9-10-26-2)20-18(23)12-14-4-6-15(7-5-14)22(24)25/h3-8,11H,9-10,12H2,1-2H3. The fraction of sp³-hybridized carbons (Fsp3) is 0.263. The Morgan fingerprint density at radius 2 is 2.00 bits per heavy atom. The maximum absolute atomic E-state index is 12.4. The summed E-state index contributed by atoms with van der Waals surface area (Å²) in [6.07, 6.45) is 0.0928. The molecule has 0 aliphatic carbocycles. The quantitative estimate of drug-likeness (QED) is 0.481. The monoisotopic (exact) mass is 385 g/mol. The smallest absolute Gasteiger partial charge is 0.269 e. The van der Waals surface area contributed by atoms with Gasteiger partial charge in [-0.1, -0.05) is 29.5 Å². The SMILES string of the molecule is COCCn1c(=NC(=O)Cc2ccc([N+](=O)[O-])cc2)sc2cc(C)ccc21. The van der Waals surface area contributed by atoms with Gasteiger partial charge in [0.2, 0.25) is 0 Å². The molecule has 7 nitrogen and oxygen atoms in total. The summed E-state index contributed by atoms with van der Waals surface area (Å²) in [4.78, 5) is 27.6. The molecule has 0 atom stereocenters. The molecule has 0 N–H and O–H groups in total. The van der Waals surface area contributed by atoms with Gasteiger partial charge in [-0.15, -0.1) is 0 Å². The number of carbonyl (C=O) groups excluding carboxylic acids is 1. The summed E-state index contributed by atoms with van der Waals surface area (Å²) in [6, 6.07) is 12.1. The van der Waals surface area contributed by atoms with Crippen molar-refractivity contribution in [2.24, 2.45) is 4.99 Å². The van der Waals surface area contributed by atoms with Crippen LogP contribution in [0.5, 0.6) is 0 Å². The lowest BCUT2D eigenvalue weighted by atomic mass is 10.1. The zero-order valence-corrected chi connectivity index (χ0v) is 15.9. The fourth-order valence-corrected chi connectivity index (χ4v) is 3.89. The molecule has 0 aliphatic heterocycles. The molecule has 1 heterocycles. The summed E-state index contributed by atoms with van der Waals surface area (Å²) in [5.74, 6) is -0.293. The second-order valence-electron chi connectivity index (χ2n) is 6.11. The van der Waals surface area contributed by atoms with Crippen LogP contribution in [0, 0.1) is 17.0 Å². The first-order chi connectivity index (χ1) is 13.0. The summed E-state index contributed by atoms with van der Waals surface area (Å²) < 4.78 is 8.22. The third-order valence-electron chi connectivity index (χ3n) is 4.08. The van der Waals surface area contributed by atoms with Crippen molar-refractivity contribution in [3.8, 4) is 0 Å². The maximum Gasteiger partial charge on any atom is 0.269 e. The van der Waals surface area contributed by atoms with E-state index in [0.29, 0.717) is 23.5 Å². The molecule has 0 spiro atoms. The van der Waals surface area contributed by atoms with Crippen LogP contribution >= 0.6 is 11.3 Å². The third-order valence-corrected chi connectivity index (χ3v) is 5.12. The summed E-state index contributed by atoms with van der Waals surface area (Å²) in [5, 5.41) is 10.7. The minimum atomic E-state index is -0.464. The average molecular weight is 385 g/mol. The Bertz CT molecular complexity index is 1050. The van der Waals surface area contributed by atoms with Crippen LogP contribution in [0.25, 0.3) is 10.2 Å². The number of non-ortho nitro benzene ring substituents is 1. The van der Waals surface area contributed by atoms with Crippen molar-refractivity contribution in [1.82, 2.24) is 4.57 Å². The number of hydrogen-bond acceptors (Lipinski definition) is 5. The van der Waals surface area contributed by atoms with Crippen LogP contribution in [-0.2, 0) is 22.5 Å². The normalized spacial score (nSPS) is 11.9. The van der Waals surface area contributed by atoms with Crippen molar-refractivity contribution in [3.05, 3.63) is 68.5 Å². The van der Waals surface area contributed by atoms with Crippen LogP contribution in [0.3, 0.4) is 0 Å². The van der Waals surface area contributed by atoms with Gasteiger partial charge in [-0.2, -0.15) is 4.99 Å². The zero-order chi connectivity index (χ0) is 19.4. The number of rotatable bonds is 6. The van der Waals surface area contributed by atoms with Crippen LogP contribution in [0.4, 0.5) is 5.69 Å². The van der Waals surface area contributed by atoms with E-state index in [9.17, 15) is 14.9 Å². The van der Waals surface area contributed by atoms with E-state index in [-0.39, 0.29) is 18.0 Å². The lowest BCUT2D eigenvalue weighted by molar-refractivity contribution is -0.384. The Hall–Kier alpha value is -2.84. The molecule has 3 rings (SSSR count). The van der Waals surface area contributed by atoms with Gasteiger partial charge in [0, 0.05) is 25.8 Å². The number of fused-ring (bicyclic) bond motifs is 1. The minimum Gasteiger partial charge on any atom is -0.383 e. The zero-order valence-electron chi connectivity index (χ0n) is 15.0. The Balaban J connectivity index is 1.91. The molecule has 1 aromatic heterocycles.